The Morgan fingerprint density at radius 3 is 2.68 bits per heavy atom. The summed E-state index contributed by atoms with van der Waals surface area (Å²) in [5, 5.41) is 26.0. The van der Waals surface area contributed by atoms with Crippen LogP contribution in [0.15, 0.2) is 35.3 Å². The van der Waals surface area contributed by atoms with Gasteiger partial charge in [-0.1, -0.05) is 30.3 Å². The van der Waals surface area contributed by atoms with Gasteiger partial charge >= 0.3 is 0 Å². The molecule has 0 aliphatic heterocycles. The third-order valence-corrected chi connectivity index (χ3v) is 4.17. The van der Waals surface area contributed by atoms with Crippen LogP contribution in [0, 0.1) is 5.92 Å². The van der Waals surface area contributed by atoms with Crippen LogP contribution in [0.2, 0.25) is 0 Å². The molecule has 2 unspecified atom stereocenters. The van der Waals surface area contributed by atoms with E-state index in [0.717, 1.165) is 18.7 Å². The molecule has 1 fully saturated rings. The SMILES string of the molecule is CCNC(=NCC(O)COCC1CC1)NCC(CO)c1ccccc1. The predicted octanol–water partition coefficient (Wildman–Crippen LogP) is 1.11. The molecule has 0 bridgehead atoms. The van der Waals surface area contributed by atoms with Gasteiger partial charge in [-0.25, -0.2) is 0 Å². The van der Waals surface area contributed by atoms with Gasteiger partial charge in [0.1, 0.15) is 0 Å². The third kappa shape index (κ3) is 7.86. The zero-order chi connectivity index (χ0) is 17.9. The second kappa shape index (κ2) is 11.1. The van der Waals surface area contributed by atoms with Gasteiger partial charge in [0, 0.05) is 25.6 Å². The number of hydrogen-bond acceptors (Lipinski definition) is 4. The standard InChI is InChI=1S/C19H31N3O3/c1-2-20-19(22-11-18(24)14-25-13-15-8-9-15)21-10-17(12-23)16-6-4-3-5-7-16/h3-7,15,17-18,23-24H,2,8-14H2,1H3,(H2,20,21,22). The molecule has 1 aliphatic rings. The second-order valence-corrected chi connectivity index (χ2v) is 6.53. The zero-order valence-corrected chi connectivity index (χ0v) is 15.0. The Bertz CT molecular complexity index is 506. The van der Waals surface area contributed by atoms with Crippen molar-refractivity contribution in [3.05, 3.63) is 35.9 Å². The van der Waals surface area contributed by atoms with Crippen LogP contribution in [-0.2, 0) is 4.74 Å². The lowest BCUT2D eigenvalue weighted by Gasteiger charge is -2.18. The van der Waals surface area contributed by atoms with Crippen LogP contribution in [-0.4, -0.2) is 61.7 Å². The highest BCUT2D eigenvalue weighted by molar-refractivity contribution is 5.79. The minimum Gasteiger partial charge on any atom is -0.396 e. The molecule has 0 radical (unpaired) electrons. The van der Waals surface area contributed by atoms with Crippen LogP contribution in [0.25, 0.3) is 0 Å². The van der Waals surface area contributed by atoms with Crippen LogP contribution < -0.4 is 10.6 Å². The van der Waals surface area contributed by atoms with Crippen molar-refractivity contribution >= 4 is 5.96 Å². The molecule has 1 saturated carbocycles. The molecule has 6 heteroatoms. The number of rotatable bonds is 11. The van der Waals surface area contributed by atoms with Gasteiger partial charge in [0.05, 0.1) is 25.9 Å². The summed E-state index contributed by atoms with van der Waals surface area (Å²) in [5.41, 5.74) is 1.09. The molecule has 140 valence electrons. The summed E-state index contributed by atoms with van der Waals surface area (Å²) in [6, 6.07) is 9.91. The van der Waals surface area contributed by atoms with Crippen LogP contribution in [0.4, 0.5) is 0 Å². The molecule has 0 saturated heterocycles. The maximum Gasteiger partial charge on any atom is 0.191 e. The number of aliphatic imine (C=N–C) groups is 1. The van der Waals surface area contributed by atoms with Crippen molar-refractivity contribution < 1.29 is 14.9 Å². The van der Waals surface area contributed by atoms with Crippen LogP contribution >= 0.6 is 0 Å². The number of benzene rings is 1. The highest BCUT2D eigenvalue weighted by atomic mass is 16.5. The Balaban J connectivity index is 1.77. The number of nitrogens with zero attached hydrogens (tertiary/aromatic N) is 1. The Morgan fingerprint density at radius 2 is 2.04 bits per heavy atom. The molecule has 0 heterocycles. The minimum absolute atomic E-state index is 0.00291. The van der Waals surface area contributed by atoms with E-state index in [4.69, 9.17) is 4.74 Å². The zero-order valence-electron chi connectivity index (χ0n) is 15.0. The van der Waals surface area contributed by atoms with Crippen molar-refractivity contribution in [1.82, 2.24) is 10.6 Å². The van der Waals surface area contributed by atoms with E-state index in [0.29, 0.717) is 25.0 Å². The molecule has 0 aromatic heterocycles. The number of guanidine groups is 1. The number of hydrogen-bond donors (Lipinski definition) is 4. The van der Waals surface area contributed by atoms with Gasteiger partial charge in [0.15, 0.2) is 5.96 Å². The summed E-state index contributed by atoms with van der Waals surface area (Å²) in [4.78, 5) is 4.41. The summed E-state index contributed by atoms with van der Waals surface area (Å²) in [5.74, 6) is 1.33. The van der Waals surface area contributed by atoms with E-state index in [1.807, 2.05) is 37.3 Å². The smallest absolute Gasteiger partial charge is 0.191 e. The van der Waals surface area contributed by atoms with E-state index >= 15 is 0 Å². The molecule has 0 spiro atoms. The van der Waals surface area contributed by atoms with E-state index < -0.39 is 6.10 Å². The lowest BCUT2D eigenvalue weighted by Crippen LogP contribution is -2.40. The largest absolute Gasteiger partial charge is 0.396 e. The third-order valence-electron chi connectivity index (χ3n) is 4.17. The van der Waals surface area contributed by atoms with Gasteiger partial charge in [-0.05, 0) is 31.2 Å². The molecule has 1 aliphatic carbocycles. The van der Waals surface area contributed by atoms with Crippen molar-refractivity contribution in [2.75, 3.05) is 39.5 Å². The van der Waals surface area contributed by atoms with Crippen molar-refractivity contribution in [1.29, 1.82) is 0 Å². The quantitative estimate of drug-likeness (QED) is 0.355. The number of aliphatic hydroxyl groups is 2. The fourth-order valence-corrected chi connectivity index (χ4v) is 2.48. The first-order valence-corrected chi connectivity index (χ1v) is 9.16. The number of ether oxygens (including phenoxy) is 1. The summed E-state index contributed by atoms with van der Waals surface area (Å²) >= 11 is 0. The van der Waals surface area contributed by atoms with Gasteiger partial charge in [0.25, 0.3) is 0 Å². The van der Waals surface area contributed by atoms with E-state index in [1.165, 1.54) is 12.8 Å². The van der Waals surface area contributed by atoms with E-state index in [-0.39, 0.29) is 19.1 Å². The Kier molecular flexibility index (Phi) is 8.72. The van der Waals surface area contributed by atoms with Gasteiger partial charge in [-0.2, -0.15) is 0 Å². The fourth-order valence-electron chi connectivity index (χ4n) is 2.48. The summed E-state index contributed by atoms with van der Waals surface area (Å²) in [7, 11) is 0. The topological polar surface area (TPSA) is 86.1 Å². The molecule has 25 heavy (non-hydrogen) atoms. The number of nitrogens with one attached hydrogen (secondary N) is 2. The number of aliphatic hydroxyl groups excluding tert-OH is 2. The predicted molar refractivity (Wildman–Crippen MR) is 99.8 cm³/mol. The van der Waals surface area contributed by atoms with Crippen molar-refractivity contribution in [3.8, 4) is 0 Å². The van der Waals surface area contributed by atoms with Crippen LogP contribution in [0.1, 0.15) is 31.2 Å². The molecule has 2 atom stereocenters. The molecule has 4 N–H and O–H groups in total. The van der Waals surface area contributed by atoms with Crippen LogP contribution in [0.3, 0.4) is 0 Å². The average molecular weight is 349 g/mol. The van der Waals surface area contributed by atoms with Gasteiger partial charge in [-0.3, -0.25) is 4.99 Å². The first kappa shape index (κ1) is 19.7. The summed E-state index contributed by atoms with van der Waals surface area (Å²) in [6.45, 7) is 4.71. The van der Waals surface area contributed by atoms with E-state index in [9.17, 15) is 10.2 Å². The molecular formula is C19H31N3O3. The normalized spacial score (nSPS) is 17.2. The summed E-state index contributed by atoms with van der Waals surface area (Å²) < 4.78 is 5.49. The van der Waals surface area contributed by atoms with Crippen molar-refractivity contribution in [2.24, 2.45) is 10.9 Å². The Morgan fingerprint density at radius 1 is 1.28 bits per heavy atom. The monoisotopic (exact) mass is 349 g/mol. The first-order valence-electron chi connectivity index (χ1n) is 9.16. The molecule has 1 aromatic carbocycles. The van der Waals surface area contributed by atoms with Crippen molar-refractivity contribution in [3.63, 3.8) is 0 Å². The molecule has 1 aromatic rings. The lowest BCUT2D eigenvalue weighted by molar-refractivity contribution is 0.0368. The Hall–Kier alpha value is -1.63. The lowest BCUT2D eigenvalue weighted by atomic mass is 10.0. The van der Waals surface area contributed by atoms with Gasteiger partial charge in [-0.15, -0.1) is 0 Å². The van der Waals surface area contributed by atoms with Crippen LogP contribution in [0.5, 0.6) is 0 Å². The molecular weight excluding hydrogens is 318 g/mol. The highest BCUT2D eigenvalue weighted by Crippen LogP contribution is 2.28. The van der Waals surface area contributed by atoms with E-state index in [1.54, 1.807) is 0 Å². The van der Waals surface area contributed by atoms with Gasteiger partial charge in [0.2, 0.25) is 0 Å². The first-order chi connectivity index (χ1) is 12.2. The Labute approximate surface area is 150 Å². The average Bonchev–Trinajstić information content (AvgIpc) is 3.45. The van der Waals surface area contributed by atoms with Crippen molar-refractivity contribution in [2.45, 2.75) is 31.8 Å². The molecule has 0 amide bonds. The fraction of sp³-hybridized carbons (Fsp3) is 0.632. The second-order valence-electron chi connectivity index (χ2n) is 6.53. The molecule has 2 rings (SSSR count). The van der Waals surface area contributed by atoms with Gasteiger partial charge < -0.3 is 25.6 Å². The highest BCUT2D eigenvalue weighted by Gasteiger charge is 2.21. The molecule has 6 nitrogen and oxygen atoms in total. The van der Waals surface area contributed by atoms with E-state index in [2.05, 4.69) is 15.6 Å². The maximum atomic E-state index is 9.97. The summed E-state index contributed by atoms with van der Waals surface area (Å²) in [6.07, 6.45) is 1.89. The minimum atomic E-state index is -0.600. The maximum absolute atomic E-state index is 9.97.